The van der Waals surface area contributed by atoms with Crippen LogP contribution < -0.4 is 10.6 Å². The fourth-order valence-corrected chi connectivity index (χ4v) is 5.48. The Kier molecular flexibility index (Phi) is 6.80. The number of fused-ring (bicyclic) bond motifs is 1. The molecule has 1 saturated heterocycles. The SMILES string of the molecule is O=C1NC2CC(C(=O)NCCc3ccc(Cl)cc3)CCC2S/C1=C/c1ccccc1. The van der Waals surface area contributed by atoms with Crippen LogP contribution >= 0.6 is 23.4 Å². The average Bonchev–Trinajstić information content (AvgIpc) is 2.76. The number of hydrogen-bond donors (Lipinski definition) is 2. The second-order valence-electron chi connectivity index (χ2n) is 7.83. The van der Waals surface area contributed by atoms with Crippen molar-refractivity contribution in [1.29, 1.82) is 0 Å². The summed E-state index contributed by atoms with van der Waals surface area (Å²) in [5.41, 5.74) is 2.18. The molecule has 0 bridgehead atoms. The van der Waals surface area contributed by atoms with Gasteiger partial charge in [-0.15, -0.1) is 11.8 Å². The smallest absolute Gasteiger partial charge is 0.257 e. The highest BCUT2D eigenvalue weighted by atomic mass is 35.5. The maximum atomic E-state index is 12.6. The molecule has 4 nitrogen and oxygen atoms in total. The Morgan fingerprint density at radius 3 is 2.67 bits per heavy atom. The van der Waals surface area contributed by atoms with Gasteiger partial charge in [0.15, 0.2) is 0 Å². The van der Waals surface area contributed by atoms with Gasteiger partial charge in [0.05, 0.1) is 4.91 Å². The average molecular weight is 441 g/mol. The van der Waals surface area contributed by atoms with E-state index in [2.05, 4.69) is 10.6 Å². The highest BCUT2D eigenvalue weighted by molar-refractivity contribution is 8.04. The van der Waals surface area contributed by atoms with Crippen LogP contribution in [-0.2, 0) is 16.0 Å². The molecule has 0 spiro atoms. The fraction of sp³-hybridized carbons (Fsp3) is 0.333. The van der Waals surface area contributed by atoms with Crippen LogP contribution in [0.15, 0.2) is 59.5 Å². The highest BCUT2D eigenvalue weighted by Crippen LogP contribution is 2.39. The number of rotatable bonds is 5. The molecular weight excluding hydrogens is 416 g/mol. The van der Waals surface area contributed by atoms with E-state index in [1.165, 1.54) is 0 Å². The third kappa shape index (κ3) is 5.27. The van der Waals surface area contributed by atoms with Crippen LogP contribution in [0.2, 0.25) is 5.02 Å². The van der Waals surface area contributed by atoms with Crippen molar-refractivity contribution in [2.75, 3.05) is 6.54 Å². The molecule has 2 N–H and O–H groups in total. The van der Waals surface area contributed by atoms with E-state index in [1.54, 1.807) is 11.8 Å². The molecule has 6 heteroatoms. The normalized spacial score (nSPS) is 24.8. The summed E-state index contributed by atoms with van der Waals surface area (Å²) in [6, 6.07) is 17.6. The lowest BCUT2D eigenvalue weighted by Gasteiger charge is -2.39. The van der Waals surface area contributed by atoms with Crippen molar-refractivity contribution in [2.24, 2.45) is 5.92 Å². The van der Waals surface area contributed by atoms with Crippen LogP contribution in [0.5, 0.6) is 0 Å². The number of amides is 2. The van der Waals surface area contributed by atoms with Crippen molar-refractivity contribution in [3.63, 3.8) is 0 Å². The Morgan fingerprint density at radius 2 is 1.90 bits per heavy atom. The van der Waals surface area contributed by atoms with E-state index in [1.807, 2.05) is 60.7 Å². The molecule has 1 saturated carbocycles. The third-order valence-electron chi connectivity index (χ3n) is 5.70. The van der Waals surface area contributed by atoms with Gasteiger partial charge in [0.25, 0.3) is 5.91 Å². The van der Waals surface area contributed by atoms with E-state index < -0.39 is 0 Å². The Bertz CT molecular complexity index is 930. The van der Waals surface area contributed by atoms with Crippen LogP contribution in [0, 0.1) is 5.92 Å². The van der Waals surface area contributed by atoms with E-state index in [4.69, 9.17) is 11.6 Å². The minimum absolute atomic E-state index is 0.0334. The van der Waals surface area contributed by atoms with Crippen LogP contribution in [0.1, 0.15) is 30.4 Å². The molecule has 1 heterocycles. The summed E-state index contributed by atoms with van der Waals surface area (Å²) >= 11 is 7.56. The van der Waals surface area contributed by atoms with Gasteiger partial charge in [-0.05, 0) is 55.0 Å². The Labute approximate surface area is 186 Å². The first-order valence-corrected chi connectivity index (χ1v) is 11.6. The van der Waals surface area contributed by atoms with Crippen LogP contribution in [0.25, 0.3) is 6.08 Å². The molecular formula is C24H25ClN2O2S. The third-order valence-corrected chi connectivity index (χ3v) is 7.38. The first-order chi connectivity index (χ1) is 14.6. The molecule has 4 rings (SSSR count). The molecule has 1 aliphatic carbocycles. The quantitative estimate of drug-likeness (QED) is 0.676. The number of thioether (sulfide) groups is 1. The van der Waals surface area contributed by atoms with Gasteiger partial charge in [0.1, 0.15) is 0 Å². The van der Waals surface area contributed by atoms with Crippen molar-refractivity contribution in [1.82, 2.24) is 10.6 Å². The Balaban J connectivity index is 1.29. The molecule has 2 aromatic rings. The van der Waals surface area contributed by atoms with Gasteiger partial charge in [-0.3, -0.25) is 9.59 Å². The second-order valence-corrected chi connectivity index (χ2v) is 9.55. The summed E-state index contributed by atoms with van der Waals surface area (Å²) < 4.78 is 0. The topological polar surface area (TPSA) is 58.2 Å². The van der Waals surface area contributed by atoms with E-state index in [9.17, 15) is 9.59 Å². The number of hydrogen-bond acceptors (Lipinski definition) is 3. The minimum atomic E-state index is -0.0444. The van der Waals surface area contributed by atoms with Gasteiger partial charge >= 0.3 is 0 Å². The number of benzene rings is 2. The van der Waals surface area contributed by atoms with Crippen molar-refractivity contribution in [3.8, 4) is 0 Å². The van der Waals surface area contributed by atoms with E-state index in [0.717, 1.165) is 35.3 Å². The summed E-state index contributed by atoms with van der Waals surface area (Å²) in [7, 11) is 0. The molecule has 2 fully saturated rings. The van der Waals surface area contributed by atoms with Gasteiger partial charge in [-0.25, -0.2) is 0 Å². The zero-order chi connectivity index (χ0) is 20.9. The van der Waals surface area contributed by atoms with Crippen LogP contribution in [-0.4, -0.2) is 29.7 Å². The van der Waals surface area contributed by atoms with Crippen molar-refractivity contribution in [3.05, 3.63) is 75.7 Å². The second kappa shape index (κ2) is 9.71. The van der Waals surface area contributed by atoms with Crippen molar-refractivity contribution >= 4 is 41.3 Å². The lowest BCUT2D eigenvalue weighted by molar-refractivity contribution is -0.127. The fourth-order valence-electron chi connectivity index (χ4n) is 4.06. The van der Waals surface area contributed by atoms with Crippen LogP contribution in [0.4, 0.5) is 0 Å². The summed E-state index contributed by atoms with van der Waals surface area (Å²) in [6.45, 7) is 0.607. The summed E-state index contributed by atoms with van der Waals surface area (Å²) in [6.07, 6.45) is 5.22. The first-order valence-electron chi connectivity index (χ1n) is 10.3. The molecule has 3 unspecified atom stereocenters. The standard InChI is InChI=1S/C24H25ClN2O2S/c25-19-9-6-16(7-10-19)12-13-26-23(28)18-8-11-21-20(15-18)27-24(29)22(30-21)14-17-4-2-1-3-5-17/h1-7,9-10,14,18,20-21H,8,11-13,15H2,(H,26,28)(H,27,29)/b22-14+. The number of nitrogens with one attached hydrogen (secondary N) is 2. The van der Waals surface area contributed by atoms with Crippen molar-refractivity contribution < 1.29 is 9.59 Å². The largest absolute Gasteiger partial charge is 0.356 e. The number of carbonyl (C=O) groups is 2. The molecule has 30 heavy (non-hydrogen) atoms. The number of halogens is 1. The van der Waals surface area contributed by atoms with E-state index >= 15 is 0 Å². The lowest BCUT2D eigenvalue weighted by Crippen LogP contribution is -2.51. The van der Waals surface area contributed by atoms with Crippen LogP contribution in [0.3, 0.4) is 0 Å². The minimum Gasteiger partial charge on any atom is -0.356 e. The van der Waals surface area contributed by atoms with Crippen molar-refractivity contribution in [2.45, 2.75) is 37.0 Å². The molecule has 2 aromatic carbocycles. The molecule has 2 amide bonds. The Morgan fingerprint density at radius 1 is 1.13 bits per heavy atom. The highest BCUT2D eigenvalue weighted by Gasteiger charge is 2.39. The summed E-state index contributed by atoms with van der Waals surface area (Å²) in [4.78, 5) is 26.0. The monoisotopic (exact) mass is 440 g/mol. The predicted molar refractivity (Wildman–Crippen MR) is 123 cm³/mol. The predicted octanol–water partition coefficient (Wildman–Crippen LogP) is 4.44. The van der Waals surface area contributed by atoms with Gasteiger partial charge in [0.2, 0.25) is 5.91 Å². The zero-order valence-corrected chi connectivity index (χ0v) is 18.2. The van der Waals surface area contributed by atoms with E-state index in [-0.39, 0.29) is 23.8 Å². The molecule has 0 radical (unpaired) electrons. The maximum absolute atomic E-state index is 12.6. The van der Waals surface area contributed by atoms with Gasteiger partial charge in [-0.2, -0.15) is 0 Å². The lowest BCUT2D eigenvalue weighted by atomic mass is 9.84. The summed E-state index contributed by atoms with van der Waals surface area (Å²) in [5.74, 6) is 0.0122. The van der Waals surface area contributed by atoms with Gasteiger partial charge in [0, 0.05) is 28.8 Å². The zero-order valence-electron chi connectivity index (χ0n) is 16.6. The first kappa shape index (κ1) is 21.0. The molecule has 3 atom stereocenters. The van der Waals surface area contributed by atoms with E-state index in [0.29, 0.717) is 23.2 Å². The summed E-state index contributed by atoms with van der Waals surface area (Å²) in [5, 5.41) is 7.25. The Hall–Kier alpha value is -2.24. The molecule has 156 valence electrons. The van der Waals surface area contributed by atoms with Gasteiger partial charge in [-0.1, -0.05) is 54.1 Å². The molecule has 2 aliphatic rings. The molecule has 0 aromatic heterocycles. The van der Waals surface area contributed by atoms with Gasteiger partial charge < -0.3 is 10.6 Å². The number of carbonyl (C=O) groups excluding carboxylic acids is 2. The maximum Gasteiger partial charge on any atom is 0.257 e. The molecule has 1 aliphatic heterocycles.